The Morgan fingerprint density at radius 3 is 2.33 bits per heavy atom. The van der Waals surface area contributed by atoms with E-state index in [0.717, 1.165) is 31.0 Å². The molecule has 4 nitrogen and oxygen atoms in total. The largest absolute Gasteiger partial charge is 0.493 e. The van der Waals surface area contributed by atoms with E-state index in [0.29, 0.717) is 12.1 Å². The van der Waals surface area contributed by atoms with Gasteiger partial charge in [-0.05, 0) is 65.0 Å². The maximum atomic E-state index is 5.35. The first kappa shape index (κ1) is 17.8. The quantitative estimate of drug-likeness (QED) is 0.710. The maximum absolute atomic E-state index is 5.35. The van der Waals surface area contributed by atoms with Crippen molar-refractivity contribution >= 4 is 0 Å². The number of nitrogens with one attached hydrogen (secondary N) is 1. The number of methoxy groups -OCH3 is 2. The SMILES string of the molecule is COc1ccc(C(C)NCCCN(C)C(C)C)cc1OC. The molecule has 0 fully saturated rings. The van der Waals surface area contributed by atoms with Crippen LogP contribution in [0.25, 0.3) is 0 Å². The van der Waals surface area contributed by atoms with Crippen molar-refractivity contribution in [3.8, 4) is 11.5 Å². The van der Waals surface area contributed by atoms with Crippen LogP contribution in [0, 0.1) is 0 Å². The van der Waals surface area contributed by atoms with E-state index in [4.69, 9.17) is 9.47 Å². The van der Waals surface area contributed by atoms with Crippen molar-refractivity contribution in [1.29, 1.82) is 0 Å². The van der Waals surface area contributed by atoms with E-state index in [1.807, 2.05) is 12.1 Å². The van der Waals surface area contributed by atoms with Crippen molar-refractivity contribution in [2.24, 2.45) is 0 Å². The van der Waals surface area contributed by atoms with Crippen LogP contribution >= 0.6 is 0 Å². The highest BCUT2D eigenvalue weighted by atomic mass is 16.5. The molecule has 4 heteroatoms. The van der Waals surface area contributed by atoms with Crippen LogP contribution in [-0.2, 0) is 0 Å². The molecular weight excluding hydrogens is 264 g/mol. The van der Waals surface area contributed by atoms with Crippen LogP contribution in [0.1, 0.15) is 38.8 Å². The van der Waals surface area contributed by atoms with Crippen molar-refractivity contribution in [2.45, 2.75) is 39.3 Å². The summed E-state index contributed by atoms with van der Waals surface area (Å²) in [5, 5.41) is 3.56. The monoisotopic (exact) mass is 294 g/mol. The van der Waals surface area contributed by atoms with Crippen LogP contribution in [0.15, 0.2) is 18.2 Å². The number of benzene rings is 1. The lowest BCUT2D eigenvalue weighted by Crippen LogP contribution is -2.30. The molecule has 1 aromatic rings. The molecule has 0 aliphatic rings. The molecule has 1 rings (SSSR count). The zero-order chi connectivity index (χ0) is 15.8. The Hall–Kier alpha value is -1.26. The second kappa shape index (κ2) is 8.90. The normalized spacial score (nSPS) is 12.8. The summed E-state index contributed by atoms with van der Waals surface area (Å²) in [6, 6.07) is 6.98. The van der Waals surface area contributed by atoms with Gasteiger partial charge in [-0.3, -0.25) is 0 Å². The minimum atomic E-state index is 0.300. The molecule has 0 saturated heterocycles. The van der Waals surface area contributed by atoms with Crippen molar-refractivity contribution in [3.63, 3.8) is 0 Å². The molecule has 21 heavy (non-hydrogen) atoms. The number of hydrogen-bond acceptors (Lipinski definition) is 4. The Balaban J connectivity index is 2.47. The summed E-state index contributed by atoms with van der Waals surface area (Å²) in [5.41, 5.74) is 1.21. The lowest BCUT2D eigenvalue weighted by Gasteiger charge is -2.22. The maximum Gasteiger partial charge on any atom is 0.161 e. The highest BCUT2D eigenvalue weighted by Crippen LogP contribution is 2.29. The van der Waals surface area contributed by atoms with Crippen LogP contribution in [0.4, 0.5) is 0 Å². The summed E-state index contributed by atoms with van der Waals surface area (Å²) < 4.78 is 10.6. The number of nitrogens with zero attached hydrogens (tertiary/aromatic N) is 1. The summed E-state index contributed by atoms with van der Waals surface area (Å²) in [6.45, 7) is 8.74. The predicted molar refractivity (Wildman–Crippen MR) is 88.3 cm³/mol. The van der Waals surface area contributed by atoms with Gasteiger partial charge in [0, 0.05) is 12.1 Å². The topological polar surface area (TPSA) is 33.7 Å². The van der Waals surface area contributed by atoms with Crippen molar-refractivity contribution < 1.29 is 9.47 Å². The van der Waals surface area contributed by atoms with Crippen molar-refractivity contribution in [3.05, 3.63) is 23.8 Å². The molecule has 0 bridgehead atoms. The summed E-state index contributed by atoms with van der Waals surface area (Å²) in [7, 11) is 5.49. The molecule has 1 unspecified atom stereocenters. The van der Waals surface area contributed by atoms with E-state index in [-0.39, 0.29) is 0 Å². The number of ether oxygens (including phenoxy) is 2. The zero-order valence-corrected chi connectivity index (χ0v) is 14.3. The van der Waals surface area contributed by atoms with Crippen molar-refractivity contribution in [2.75, 3.05) is 34.4 Å². The molecular formula is C17H30N2O2. The van der Waals surface area contributed by atoms with E-state index in [2.05, 4.69) is 44.1 Å². The molecule has 120 valence electrons. The third kappa shape index (κ3) is 5.56. The Labute approximate surface area is 129 Å². The highest BCUT2D eigenvalue weighted by Gasteiger charge is 2.10. The van der Waals surface area contributed by atoms with Crippen LogP contribution in [0.5, 0.6) is 11.5 Å². The average molecular weight is 294 g/mol. The minimum Gasteiger partial charge on any atom is -0.493 e. The predicted octanol–water partition coefficient (Wildman–Crippen LogP) is 3.08. The van der Waals surface area contributed by atoms with Gasteiger partial charge in [0.05, 0.1) is 14.2 Å². The standard InChI is InChI=1S/C17H30N2O2/c1-13(2)19(4)11-7-10-18-14(3)15-8-9-16(20-5)17(12-15)21-6/h8-9,12-14,18H,7,10-11H2,1-6H3. The molecule has 1 atom stereocenters. The third-order valence-electron chi connectivity index (χ3n) is 3.93. The second-order valence-electron chi connectivity index (χ2n) is 5.72. The molecule has 0 aliphatic carbocycles. The second-order valence-corrected chi connectivity index (χ2v) is 5.72. The summed E-state index contributed by atoms with van der Waals surface area (Å²) in [4.78, 5) is 2.36. The lowest BCUT2D eigenvalue weighted by molar-refractivity contribution is 0.268. The first-order valence-corrected chi connectivity index (χ1v) is 7.65. The van der Waals surface area contributed by atoms with E-state index in [1.54, 1.807) is 14.2 Å². The van der Waals surface area contributed by atoms with Gasteiger partial charge in [-0.15, -0.1) is 0 Å². The van der Waals surface area contributed by atoms with Gasteiger partial charge >= 0.3 is 0 Å². The van der Waals surface area contributed by atoms with Gasteiger partial charge in [-0.1, -0.05) is 6.07 Å². The fraction of sp³-hybridized carbons (Fsp3) is 0.647. The van der Waals surface area contributed by atoms with Gasteiger partial charge in [0.15, 0.2) is 11.5 Å². The fourth-order valence-electron chi connectivity index (χ4n) is 2.15. The molecule has 0 aromatic heterocycles. The first-order chi connectivity index (χ1) is 9.99. The molecule has 0 amide bonds. The van der Waals surface area contributed by atoms with Crippen LogP contribution in [-0.4, -0.2) is 45.3 Å². The summed E-state index contributed by atoms with van der Waals surface area (Å²) in [5.74, 6) is 1.55. The van der Waals surface area contributed by atoms with Gasteiger partial charge in [0.2, 0.25) is 0 Å². The molecule has 0 heterocycles. The number of hydrogen-bond donors (Lipinski definition) is 1. The fourth-order valence-corrected chi connectivity index (χ4v) is 2.15. The van der Waals surface area contributed by atoms with Crippen LogP contribution in [0.2, 0.25) is 0 Å². The van der Waals surface area contributed by atoms with Gasteiger partial charge < -0.3 is 19.7 Å². The Bertz CT molecular complexity index is 421. The summed E-state index contributed by atoms with van der Waals surface area (Å²) in [6.07, 6.45) is 1.15. The van der Waals surface area contributed by atoms with E-state index >= 15 is 0 Å². The molecule has 0 aliphatic heterocycles. The van der Waals surface area contributed by atoms with Gasteiger partial charge in [-0.25, -0.2) is 0 Å². The van der Waals surface area contributed by atoms with E-state index in [9.17, 15) is 0 Å². The van der Waals surface area contributed by atoms with Gasteiger partial charge in [-0.2, -0.15) is 0 Å². The van der Waals surface area contributed by atoms with Crippen LogP contribution in [0.3, 0.4) is 0 Å². The van der Waals surface area contributed by atoms with Gasteiger partial charge in [0.1, 0.15) is 0 Å². The Morgan fingerprint density at radius 1 is 1.10 bits per heavy atom. The molecule has 0 radical (unpaired) electrons. The van der Waals surface area contributed by atoms with E-state index in [1.165, 1.54) is 5.56 Å². The van der Waals surface area contributed by atoms with E-state index < -0.39 is 0 Å². The Morgan fingerprint density at radius 2 is 1.76 bits per heavy atom. The Kier molecular flexibility index (Phi) is 7.54. The van der Waals surface area contributed by atoms with Gasteiger partial charge in [0.25, 0.3) is 0 Å². The van der Waals surface area contributed by atoms with Crippen LogP contribution < -0.4 is 14.8 Å². The lowest BCUT2D eigenvalue weighted by atomic mass is 10.1. The molecule has 0 saturated carbocycles. The molecule has 1 N–H and O–H groups in total. The van der Waals surface area contributed by atoms with Crippen molar-refractivity contribution in [1.82, 2.24) is 10.2 Å². The average Bonchev–Trinajstić information content (AvgIpc) is 2.50. The number of rotatable bonds is 9. The molecule has 1 aromatic carbocycles. The smallest absolute Gasteiger partial charge is 0.161 e. The third-order valence-corrected chi connectivity index (χ3v) is 3.93. The highest BCUT2D eigenvalue weighted by molar-refractivity contribution is 5.43. The first-order valence-electron chi connectivity index (χ1n) is 7.65. The summed E-state index contributed by atoms with van der Waals surface area (Å²) >= 11 is 0. The molecule has 0 spiro atoms. The zero-order valence-electron chi connectivity index (χ0n) is 14.3. The minimum absolute atomic E-state index is 0.300.